The zero-order chi connectivity index (χ0) is 11.0. The summed E-state index contributed by atoms with van der Waals surface area (Å²) in [7, 11) is -2.98. The second kappa shape index (κ2) is 3.50. The fraction of sp³-hybridized carbons (Fsp3) is 0.700. The minimum atomic E-state index is -2.98. The van der Waals surface area contributed by atoms with Crippen molar-refractivity contribution in [2.24, 2.45) is 5.92 Å². The van der Waals surface area contributed by atoms with Gasteiger partial charge >= 0.3 is 0 Å². The van der Waals surface area contributed by atoms with Gasteiger partial charge in [0.05, 0.1) is 10.5 Å². The van der Waals surface area contributed by atoms with E-state index in [0.717, 1.165) is 0 Å². The van der Waals surface area contributed by atoms with Crippen molar-refractivity contribution >= 4 is 15.6 Å². The summed E-state index contributed by atoms with van der Waals surface area (Å²) in [5, 5.41) is 0. The van der Waals surface area contributed by atoms with Gasteiger partial charge in [-0.3, -0.25) is 4.79 Å². The van der Waals surface area contributed by atoms with E-state index in [4.69, 9.17) is 0 Å². The van der Waals surface area contributed by atoms with Gasteiger partial charge in [-0.1, -0.05) is 6.08 Å². The number of rotatable bonds is 2. The van der Waals surface area contributed by atoms with Gasteiger partial charge in [0.15, 0.2) is 15.6 Å². The smallest absolute Gasteiger partial charge is 0.156 e. The molecule has 1 atom stereocenters. The van der Waals surface area contributed by atoms with Crippen LogP contribution in [-0.4, -0.2) is 24.7 Å². The molecule has 0 spiro atoms. The van der Waals surface area contributed by atoms with Crippen LogP contribution < -0.4 is 0 Å². The lowest BCUT2D eigenvalue weighted by Gasteiger charge is -2.22. The first-order chi connectivity index (χ1) is 6.27. The van der Waals surface area contributed by atoms with E-state index in [1.165, 1.54) is 13.0 Å². The van der Waals surface area contributed by atoms with Gasteiger partial charge in [0.2, 0.25) is 0 Å². The van der Waals surface area contributed by atoms with Crippen LogP contribution in [0.4, 0.5) is 0 Å². The average Bonchev–Trinajstić information content (AvgIpc) is 2.20. The molecule has 14 heavy (non-hydrogen) atoms. The van der Waals surface area contributed by atoms with E-state index >= 15 is 0 Å². The standard InChI is InChI=1S/C10H16O3S/c1-8(11)4-5-9-6-7-14(12,13)10(9,2)3/h4-5,9H,6-7H2,1-3H3/b5-4+. The maximum absolute atomic E-state index is 11.6. The van der Waals surface area contributed by atoms with Crippen molar-refractivity contribution in [2.45, 2.75) is 31.9 Å². The number of hydrogen-bond acceptors (Lipinski definition) is 3. The highest BCUT2D eigenvalue weighted by Gasteiger charge is 2.46. The quantitative estimate of drug-likeness (QED) is 0.655. The van der Waals surface area contributed by atoms with E-state index in [1.807, 2.05) is 0 Å². The first kappa shape index (κ1) is 11.4. The zero-order valence-corrected chi connectivity index (χ0v) is 9.60. The second-order valence-electron chi connectivity index (χ2n) is 4.29. The lowest BCUT2D eigenvalue weighted by molar-refractivity contribution is -0.112. The molecule has 4 heteroatoms. The van der Waals surface area contributed by atoms with Gasteiger partial charge in [0.25, 0.3) is 0 Å². The van der Waals surface area contributed by atoms with E-state index in [0.29, 0.717) is 6.42 Å². The zero-order valence-electron chi connectivity index (χ0n) is 8.78. The van der Waals surface area contributed by atoms with Gasteiger partial charge in [-0.2, -0.15) is 0 Å². The molecule has 0 aromatic rings. The van der Waals surface area contributed by atoms with Crippen LogP contribution in [0.15, 0.2) is 12.2 Å². The fourth-order valence-electron chi connectivity index (χ4n) is 1.70. The molecule has 1 rings (SSSR count). The third-order valence-electron chi connectivity index (χ3n) is 2.96. The minimum absolute atomic E-state index is 0.0311. The summed E-state index contributed by atoms with van der Waals surface area (Å²) < 4.78 is 22.5. The first-order valence-electron chi connectivity index (χ1n) is 4.68. The van der Waals surface area contributed by atoms with Crippen LogP contribution in [0.5, 0.6) is 0 Å². The Bertz CT molecular complexity index is 363. The number of sulfone groups is 1. The van der Waals surface area contributed by atoms with Crippen molar-refractivity contribution in [3.63, 3.8) is 0 Å². The topological polar surface area (TPSA) is 51.2 Å². The summed E-state index contributed by atoms with van der Waals surface area (Å²) in [6.07, 6.45) is 3.82. The molecule has 0 aromatic carbocycles. The number of hydrogen-bond donors (Lipinski definition) is 0. The highest BCUT2D eigenvalue weighted by Crippen LogP contribution is 2.37. The number of allylic oxidation sites excluding steroid dienone is 2. The largest absolute Gasteiger partial charge is 0.295 e. The van der Waals surface area contributed by atoms with Crippen LogP contribution in [0.1, 0.15) is 27.2 Å². The lowest BCUT2D eigenvalue weighted by Crippen LogP contribution is -2.32. The Morgan fingerprint density at radius 2 is 2.00 bits per heavy atom. The predicted octanol–water partition coefficient (Wildman–Crippen LogP) is 1.34. The van der Waals surface area contributed by atoms with Gasteiger partial charge in [0, 0.05) is 0 Å². The molecule has 1 aliphatic rings. The van der Waals surface area contributed by atoms with E-state index < -0.39 is 14.6 Å². The molecule has 0 aromatic heterocycles. The minimum Gasteiger partial charge on any atom is -0.295 e. The van der Waals surface area contributed by atoms with Gasteiger partial charge < -0.3 is 0 Å². The maximum Gasteiger partial charge on any atom is 0.156 e. The Labute approximate surface area is 85.1 Å². The van der Waals surface area contributed by atoms with Gasteiger partial charge in [-0.05, 0) is 39.2 Å². The highest BCUT2D eigenvalue weighted by molar-refractivity contribution is 7.93. The molecule has 1 aliphatic heterocycles. The molecular formula is C10H16O3S. The molecule has 1 unspecified atom stereocenters. The van der Waals surface area contributed by atoms with Crippen molar-refractivity contribution in [3.05, 3.63) is 12.2 Å². The summed E-state index contributed by atoms with van der Waals surface area (Å²) in [5.74, 6) is 0.161. The average molecular weight is 216 g/mol. The Morgan fingerprint density at radius 3 is 2.36 bits per heavy atom. The molecule has 0 N–H and O–H groups in total. The maximum atomic E-state index is 11.6. The molecular weight excluding hydrogens is 200 g/mol. The third kappa shape index (κ3) is 1.90. The van der Waals surface area contributed by atoms with Crippen molar-refractivity contribution in [1.82, 2.24) is 0 Å². The molecule has 1 saturated heterocycles. The Balaban J connectivity index is 2.91. The number of carbonyl (C=O) groups excluding carboxylic acids is 1. The van der Waals surface area contributed by atoms with E-state index in [2.05, 4.69) is 0 Å². The number of carbonyl (C=O) groups is 1. The summed E-state index contributed by atoms with van der Waals surface area (Å²) in [5.41, 5.74) is 0. The third-order valence-corrected chi connectivity index (χ3v) is 5.63. The fourth-order valence-corrected chi connectivity index (χ4v) is 3.45. The van der Waals surface area contributed by atoms with Gasteiger partial charge in [-0.15, -0.1) is 0 Å². The van der Waals surface area contributed by atoms with Crippen LogP contribution >= 0.6 is 0 Å². The molecule has 0 bridgehead atoms. The SMILES string of the molecule is CC(=O)/C=C/C1CCS(=O)(=O)C1(C)C. The van der Waals surface area contributed by atoms with Crippen LogP contribution in [0.3, 0.4) is 0 Å². The highest BCUT2D eigenvalue weighted by atomic mass is 32.2. The van der Waals surface area contributed by atoms with Crippen LogP contribution in [0.25, 0.3) is 0 Å². The Hall–Kier alpha value is -0.640. The Morgan fingerprint density at radius 1 is 1.43 bits per heavy atom. The van der Waals surface area contributed by atoms with Crippen molar-refractivity contribution in [2.75, 3.05) is 5.75 Å². The first-order valence-corrected chi connectivity index (χ1v) is 6.33. The molecule has 0 amide bonds. The molecule has 0 aliphatic carbocycles. The summed E-state index contributed by atoms with van der Waals surface area (Å²) in [6, 6.07) is 0. The van der Waals surface area contributed by atoms with E-state index in [-0.39, 0.29) is 17.5 Å². The van der Waals surface area contributed by atoms with Crippen LogP contribution in [0.2, 0.25) is 0 Å². The van der Waals surface area contributed by atoms with Crippen molar-refractivity contribution < 1.29 is 13.2 Å². The summed E-state index contributed by atoms with van der Waals surface area (Å²) in [6.45, 7) is 4.92. The second-order valence-corrected chi connectivity index (χ2v) is 6.98. The van der Waals surface area contributed by atoms with Crippen molar-refractivity contribution in [3.8, 4) is 0 Å². The molecule has 0 saturated carbocycles. The van der Waals surface area contributed by atoms with Crippen LogP contribution in [0, 0.1) is 5.92 Å². The summed E-state index contributed by atoms with van der Waals surface area (Å²) >= 11 is 0. The molecule has 0 radical (unpaired) electrons. The van der Waals surface area contributed by atoms with E-state index in [1.54, 1.807) is 19.9 Å². The number of ketones is 1. The normalized spacial score (nSPS) is 29.5. The molecule has 80 valence electrons. The molecule has 1 fully saturated rings. The van der Waals surface area contributed by atoms with Gasteiger partial charge in [-0.25, -0.2) is 8.42 Å². The van der Waals surface area contributed by atoms with Gasteiger partial charge in [0.1, 0.15) is 0 Å². The summed E-state index contributed by atoms with van der Waals surface area (Å²) in [4.78, 5) is 10.7. The van der Waals surface area contributed by atoms with E-state index in [9.17, 15) is 13.2 Å². The van der Waals surface area contributed by atoms with Crippen LogP contribution in [-0.2, 0) is 14.6 Å². The monoisotopic (exact) mass is 216 g/mol. The lowest BCUT2D eigenvalue weighted by atomic mass is 9.92. The predicted molar refractivity (Wildman–Crippen MR) is 55.8 cm³/mol. The Kier molecular flexibility index (Phi) is 2.86. The molecule has 1 heterocycles. The molecule has 3 nitrogen and oxygen atoms in total. The van der Waals surface area contributed by atoms with Crippen molar-refractivity contribution in [1.29, 1.82) is 0 Å².